The molecule has 9 aromatic carbocycles. The molecule has 0 bridgehead atoms. The molecule has 7 heterocycles. The number of nitrogens with zero attached hydrogens (tertiary/aromatic N) is 7. The lowest BCUT2D eigenvalue weighted by Crippen LogP contribution is -2.23. The van der Waals surface area contributed by atoms with Crippen molar-refractivity contribution < 1.29 is 33.7 Å². The second-order valence-corrected chi connectivity index (χ2v) is 29.7. The molecule has 0 N–H and O–H groups in total. The van der Waals surface area contributed by atoms with Crippen molar-refractivity contribution in [2.45, 2.75) is 39.2 Å². The Morgan fingerprint density at radius 2 is 0.559 bits per heavy atom. The van der Waals surface area contributed by atoms with Gasteiger partial charge in [0, 0.05) is 73.8 Å². The second kappa shape index (κ2) is 21.7. The van der Waals surface area contributed by atoms with E-state index in [9.17, 15) is 0 Å². The number of sulfone groups is 4. The van der Waals surface area contributed by atoms with E-state index in [1.54, 1.807) is 73.6 Å². The Balaban J connectivity index is 1.30. The monoisotopic (exact) mass is 1290 g/mol. The number of benzene rings is 9. The van der Waals surface area contributed by atoms with Gasteiger partial charge < -0.3 is 13.7 Å². The van der Waals surface area contributed by atoms with Crippen LogP contribution >= 0.6 is 0 Å². The Labute approximate surface area is 533 Å². The summed E-state index contributed by atoms with van der Waals surface area (Å²) in [5.41, 5.74) is 1.70. The fourth-order valence-corrected chi connectivity index (χ4v) is 20.8. The highest BCUT2D eigenvalue weighted by Gasteiger charge is 2.48. The van der Waals surface area contributed by atoms with Gasteiger partial charge in [-0.15, -0.1) is 0 Å². The highest BCUT2D eigenvalue weighted by atomic mass is 32.2. The molecule has 15 nitrogen and oxygen atoms in total. The van der Waals surface area contributed by atoms with Gasteiger partial charge >= 0.3 is 0 Å². The minimum atomic E-state index is -5.54. The van der Waals surface area contributed by atoms with Crippen LogP contribution in [0.2, 0.25) is 0 Å². The molecule has 0 saturated heterocycles. The number of para-hydroxylation sites is 3. The third kappa shape index (κ3) is 8.79. The largest absolute Gasteiger partial charge is 0.308 e. The molecular formula is C74H47N7O8S4. The zero-order valence-electron chi connectivity index (χ0n) is 48.7. The van der Waals surface area contributed by atoms with Crippen LogP contribution in [0.25, 0.3) is 105 Å². The van der Waals surface area contributed by atoms with Gasteiger partial charge in [-0.25, -0.2) is 33.7 Å². The molecule has 0 unspecified atom stereocenters. The average molecular weight is 1290 g/mol. The molecule has 19 heteroatoms. The van der Waals surface area contributed by atoms with Crippen LogP contribution in [0.5, 0.6) is 0 Å². The lowest BCUT2D eigenvalue weighted by molar-refractivity contribution is 0.575. The quantitative estimate of drug-likeness (QED) is 0.106. The smallest absolute Gasteiger partial charge is 0.208 e. The number of hydrogen-bond donors (Lipinski definition) is 0. The Morgan fingerprint density at radius 1 is 0.258 bits per heavy atom. The third-order valence-corrected chi connectivity index (χ3v) is 24.6. The van der Waals surface area contributed by atoms with Gasteiger partial charge in [0.05, 0.1) is 94.0 Å². The predicted molar refractivity (Wildman–Crippen MR) is 359 cm³/mol. The fourth-order valence-electron chi connectivity index (χ4n) is 13.1. The van der Waals surface area contributed by atoms with Crippen molar-refractivity contribution >= 4 is 105 Å². The number of fused-ring (bicyclic) bond motifs is 9. The molecule has 16 rings (SSSR count). The summed E-state index contributed by atoms with van der Waals surface area (Å²) < 4.78 is 144. The van der Waals surface area contributed by atoms with Crippen molar-refractivity contribution in [3.63, 3.8) is 0 Å². The summed E-state index contributed by atoms with van der Waals surface area (Å²) in [6, 6.07) is 64.6. The minimum Gasteiger partial charge on any atom is -0.308 e. The molecular weight excluding hydrogens is 1240 g/mol. The van der Waals surface area contributed by atoms with Crippen molar-refractivity contribution in [3.05, 3.63) is 286 Å². The fraction of sp³-hybridized carbons (Fsp3) is 0. The van der Waals surface area contributed by atoms with Gasteiger partial charge in [-0.05, 0) is 109 Å². The van der Waals surface area contributed by atoms with E-state index in [1.165, 1.54) is 121 Å². The Hall–Kier alpha value is -11.2. The van der Waals surface area contributed by atoms with E-state index in [4.69, 9.17) is 9.97 Å². The lowest BCUT2D eigenvalue weighted by Gasteiger charge is -2.29. The molecule has 0 aliphatic heterocycles. The Kier molecular flexibility index (Phi) is 13.3. The molecule has 0 amide bonds. The van der Waals surface area contributed by atoms with E-state index in [0.717, 1.165) is 16.3 Å². The van der Waals surface area contributed by atoms with Crippen LogP contribution in [-0.2, 0) is 39.3 Å². The molecule has 0 radical (unpaired) electrons. The first-order valence-corrected chi connectivity index (χ1v) is 35.2. The van der Waals surface area contributed by atoms with Crippen molar-refractivity contribution in [2.24, 2.45) is 0 Å². The molecule has 0 atom stereocenters. The van der Waals surface area contributed by atoms with Crippen molar-refractivity contribution in [1.29, 1.82) is 0 Å². The highest BCUT2D eigenvalue weighted by Crippen LogP contribution is 2.56. The maximum absolute atomic E-state index is 17.5. The number of aromatic nitrogens is 7. The first-order valence-electron chi connectivity index (χ1n) is 29.3. The SMILES string of the molecule is O=S(=O)(c1ccccc1)c1c(-c2ccccn2)c(S(=O)(=O)c2ccccc2)c(S(=O)(=O)c2ccccc2)c(-c2c(-n3c4ccccc4c4ccncc43)cc(-n3c4ccccc4c4ccncc43)cc2-n2c3ccccc3c3ccncc32)c1S(=O)(=O)c1ccccc1. The first-order chi connectivity index (χ1) is 45.3. The summed E-state index contributed by atoms with van der Waals surface area (Å²) in [4.78, 5) is 12.7. The van der Waals surface area contributed by atoms with Crippen molar-refractivity contribution in [3.8, 4) is 39.4 Å². The Bertz CT molecular complexity index is 5770. The summed E-state index contributed by atoms with van der Waals surface area (Å²) in [5, 5.41) is 4.45. The topological polar surface area (TPSA) is 203 Å². The van der Waals surface area contributed by atoms with Crippen molar-refractivity contribution in [1.82, 2.24) is 33.6 Å². The third-order valence-electron chi connectivity index (χ3n) is 17.0. The van der Waals surface area contributed by atoms with Crippen LogP contribution in [-0.4, -0.2) is 67.3 Å². The summed E-state index contributed by atoms with van der Waals surface area (Å²) in [7, 11) is -22.0. The number of rotatable bonds is 13. The maximum atomic E-state index is 17.5. The summed E-state index contributed by atoms with van der Waals surface area (Å²) in [6.07, 6.45) is 11.3. The molecule has 0 spiro atoms. The van der Waals surface area contributed by atoms with Gasteiger partial charge in [-0.1, -0.05) is 133 Å². The number of pyridine rings is 4. The van der Waals surface area contributed by atoms with Crippen LogP contribution in [0.15, 0.2) is 325 Å². The van der Waals surface area contributed by atoms with Gasteiger partial charge in [0.1, 0.15) is 19.6 Å². The summed E-state index contributed by atoms with van der Waals surface area (Å²) in [6.45, 7) is 0. The normalized spacial score (nSPS) is 12.4. The standard InChI is InChI=1S/C74H47N7O8S4/c82-90(83,49-21-5-1-6-22-49)71-68(59-32-19-20-39-78-59)72(91(84,85)50-23-7-2-8-24-50)74(93(88,89)52-27-11-4-12-28-52)70(73(71)92(86,87)51-25-9-3-10-26-51)69-63(80-61-34-17-14-30-54(61)57-37-41-76-46-66(57)80)43-48(79-60-33-16-13-29-53(60)56-36-40-75-45-65(56)79)44-64(69)81-62-35-18-15-31-55(62)58-38-42-77-47-67(58)81/h1-47H. The van der Waals surface area contributed by atoms with E-state index >= 15 is 33.7 Å². The molecule has 0 aliphatic carbocycles. The van der Waals surface area contributed by atoms with E-state index in [2.05, 4.69) is 9.97 Å². The predicted octanol–water partition coefficient (Wildman–Crippen LogP) is 15.2. The number of hydrogen-bond acceptors (Lipinski definition) is 12. The van der Waals surface area contributed by atoms with E-state index in [1.807, 2.05) is 105 Å². The highest BCUT2D eigenvalue weighted by molar-refractivity contribution is 7.96. The maximum Gasteiger partial charge on any atom is 0.208 e. The van der Waals surface area contributed by atoms with Crippen LogP contribution < -0.4 is 0 Å². The summed E-state index contributed by atoms with van der Waals surface area (Å²) >= 11 is 0. The van der Waals surface area contributed by atoms with Crippen LogP contribution in [0.1, 0.15) is 0 Å². The lowest BCUT2D eigenvalue weighted by atomic mass is 9.96. The molecule has 450 valence electrons. The molecule has 7 aromatic heterocycles. The van der Waals surface area contributed by atoms with Gasteiger partial charge in [-0.2, -0.15) is 0 Å². The van der Waals surface area contributed by atoms with Crippen molar-refractivity contribution in [2.75, 3.05) is 0 Å². The zero-order valence-corrected chi connectivity index (χ0v) is 51.9. The van der Waals surface area contributed by atoms with Gasteiger partial charge in [0.2, 0.25) is 39.3 Å². The van der Waals surface area contributed by atoms with Crippen LogP contribution in [0.4, 0.5) is 0 Å². The summed E-state index contributed by atoms with van der Waals surface area (Å²) in [5.74, 6) is 0. The van der Waals surface area contributed by atoms with E-state index in [0.29, 0.717) is 54.8 Å². The van der Waals surface area contributed by atoms with E-state index < -0.39 is 89.6 Å². The van der Waals surface area contributed by atoms with Crippen LogP contribution in [0, 0.1) is 0 Å². The molecule has 93 heavy (non-hydrogen) atoms. The minimum absolute atomic E-state index is 0.0667. The van der Waals surface area contributed by atoms with Crippen LogP contribution in [0.3, 0.4) is 0 Å². The second-order valence-electron chi connectivity index (χ2n) is 22.1. The molecule has 0 aliphatic rings. The van der Waals surface area contributed by atoms with Gasteiger partial charge in [0.15, 0.2) is 0 Å². The van der Waals surface area contributed by atoms with E-state index in [-0.39, 0.29) is 22.6 Å². The molecule has 16 aromatic rings. The zero-order chi connectivity index (χ0) is 63.4. The molecule has 0 saturated carbocycles. The Morgan fingerprint density at radius 3 is 0.914 bits per heavy atom. The van der Waals surface area contributed by atoms with Gasteiger partial charge in [0.25, 0.3) is 0 Å². The average Bonchev–Trinajstić information content (AvgIpc) is 1.05. The molecule has 0 fully saturated rings. The van der Waals surface area contributed by atoms with Gasteiger partial charge in [-0.3, -0.25) is 19.9 Å². The first kappa shape index (κ1) is 57.0.